The van der Waals surface area contributed by atoms with Crippen molar-refractivity contribution in [3.8, 4) is 0 Å². The lowest BCUT2D eigenvalue weighted by atomic mass is 10.1. The standard InChI is InChI=1S/C19H37NO3/c1-3-5-7-9-10-11-13-15-19(23)20-17(16-21)18(22)14-12-8-6-4-2/h12,14,17-18,21-22H,3-11,13,15-16H2,1-2H3,(H,20,23)/b14-12+/t17-,18-/m1/s1. The Bertz CT molecular complexity index is 305. The third kappa shape index (κ3) is 13.3. The van der Waals surface area contributed by atoms with Gasteiger partial charge in [0.1, 0.15) is 0 Å². The smallest absolute Gasteiger partial charge is 0.220 e. The Hall–Kier alpha value is -0.870. The van der Waals surface area contributed by atoms with E-state index in [2.05, 4.69) is 19.2 Å². The predicted octanol–water partition coefficient (Wildman–Crippen LogP) is 3.71. The molecule has 136 valence electrons. The van der Waals surface area contributed by atoms with Crippen LogP contribution in [0.1, 0.15) is 84.5 Å². The van der Waals surface area contributed by atoms with E-state index in [1.54, 1.807) is 6.08 Å². The van der Waals surface area contributed by atoms with Gasteiger partial charge in [-0.15, -0.1) is 0 Å². The second-order valence-corrected chi connectivity index (χ2v) is 6.29. The molecule has 4 heteroatoms. The Morgan fingerprint density at radius 1 is 1.00 bits per heavy atom. The zero-order valence-corrected chi connectivity index (χ0v) is 15.1. The molecule has 23 heavy (non-hydrogen) atoms. The highest BCUT2D eigenvalue weighted by Gasteiger charge is 2.17. The van der Waals surface area contributed by atoms with Crippen LogP contribution in [-0.2, 0) is 4.79 Å². The van der Waals surface area contributed by atoms with Crippen LogP contribution in [0.5, 0.6) is 0 Å². The maximum atomic E-state index is 11.9. The molecular formula is C19H37NO3. The Balaban J connectivity index is 3.84. The van der Waals surface area contributed by atoms with E-state index >= 15 is 0 Å². The molecule has 0 aromatic heterocycles. The van der Waals surface area contributed by atoms with Gasteiger partial charge in [-0.05, 0) is 12.8 Å². The van der Waals surface area contributed by atoms with Crippen LogP contribution in [0.3, 0.4) is 0 Å². The molecule has 1 amide bonds. The van der Waals surface area contributed by atoms with Crippen molar-refractivity contribution in [3.63, 3.8) is 0 Å². The molecule has 0 radical (unpaired) electrons. The van der Waals surface area contributed by atoms with Crippen molar-refractivity contribution in [1.82, 2.24) is 5.32 Å². The van der Waals surface area contributed by atoms with Crippen LogP contribution in [0.2, 0.25) is 0 Å². The minimum atomic E-state index is -0.824. The molecule has 0 aliphatic heterocycles. The first-order valence-corrected chi connectivity index (χ1v) is 9.40. The van der Waals surface area contributed by atoms with Gasteiger partial charge in [-0.25, -0.2) is 0 Å². The molecule has 2 atom stereocenters. The molecular weight excluding hydrogens is 290 g/mol. The number of rotatable bonds is 15. The molecule has 0 aliphatic rings. The van der Waals surface area contributed by atoms with E-state index < -0.39 is 12.1 Å². The molecule has 0 spiro atoms. The molecule has 0 aromatic rings. The largest absolute Gasteiger partial charge is 0.394 e. The Morgan fingerprint density at radius 3 is 2.22 bits per heavy atom. The SMILES string of the molecule is CCCC/C=C/[C@@H](O)[C@@H](CO)NC(=O)CCCCCCCCC. The topological polar surface area (TPSA) is 69.6 Å². The normalized spacial score (nSPS) is 14.1. The lowest BCUT2D eigenvalue weighted by molar-refractivity contribution is -0.123. The van der Waals surface area contributed by atoms with Gasteiger partial charge in [0.15, 0.2) is 0 Å². The summed E-state index contributed by atoms with van der Waals surface area (Å²) in [5, 5.41) is 22.0. The van der Waals surface area contributed by atoms with Gasteiger partial charge >= 0.3 is 0 Å². The number of nitrogens with one attached hydrogen (secondary N) is 1. The molecule has 0 aromatic carbocycles. The first kappa shape index (κ1) is 22.1. The van der Waals surface area contributed by atoms with Crippen molar-refractivity contribution in [2.45, 2.75) is 96.6 Å². The lowest BCUT2D eigenvalue weighted by Gasteiger charge is -2.19. The lowest BCUT2D eigenvalue weighted by Crippen LogP contribution is -2.45. The molecule has 4 nitrogen and oxygen atoms in total. The van der Waals surface area contributed by atoms with Gasteiger partial charge in [0.05, 0.1) is 18.8 Å². The number of carbonyl (C=O) groups is 1. The van der Waals surface area contributed by atoms with Crippen LogP contribution in [0, 0.1) is 0 Å². The highest BCUT2D eigenvalue weighted by atomic mass is 16.3. The highest BCUT2D eigenvalue weighted by Crippen LogP contribution is 2.08. The summed E-state index contributed by atoms with van der Waals surface area (Å²) < 4.78 is 0. The molecule has 0 rings (SSSR count). The van der Waals surface area contributed by atoms with Gasteiger partial charge < -0.3 is 15.5 Å². The zero-order valence-electron chi connectivity index (χ0n) is 15.1. The van der Waals surface area contributed by atoms with E-state index in [-0.39, 0.29) is 12.5 Å². The summed E-state index contributed by atoms with van der Waals surface area (Å²) in [5.74, 6) is -0.0846. The van der Waals surface area contributed by atoms with E-state index in [0.717, 1.165) is 32.1 Å². The van der Waals surface area contributed by atoms with Crippen molar-refractivity contribution in [2.75, 3.05) is 6.61 Å². The fourth-order valence-corrected chi connectivity index (χ4v) is 2.45. The summed E-state index contributed by atoms with van der Waals surface area (Å²) in [7, 11) is 0. The summed E-state index contributed by atoms with van der Waals surface area (Å²) in [6.07, 6.45) is 14.5. The summed E-state index contributed by atoms with van der Waals surface area (Å²) in [4.78, 5) is 11.9. The molecule has 0 unspecified atom stereocenters. The van der Waals surface area contributed by atoms with Crippen LogP contribution < -0.4 is 5.32 Å². The maximum Gasteiger partial charge on any atom is 0.220 e. The quantitative estimate of drug-likeness (QED) is 0.317. The van der Waals surface area contributed by atoms with Gasteiger partial charge in [0, 0.05) is 6.42 Å². The van der Waals surface area contributed by atoms with Crippen molar-refractivity contribution >= 4 is 5.91 Å². The molecule has 3 N–H and O–H groups in total. The van der Waals surface area contributed by atoms with E-state index in [9.17, 15) is 15.0 Å². The highest BCUT2D eigenvalue weighted by molar-refractivity contribution is 5.76. The van der Waals surface area contributed by atoms with Gasteiger partial charge in [-0.2, -0.15) is 0 Å². The monoisotopic (exact) mass is 327 g/mol. The van der Waals surface area contributed by atoms with Crippen LogP contribution in [0.4, 0.5) is 0 Å². The summed E-state index contributed by atoms with van der Waals surface area (Å²) in [6, 6.07) is -0.607. The summed E-state index contributed by atoms with van der Waals surface area (Å²) >= 11 is 0. The van der Waals surface area contributed by atoms with E-state index in [1.807, 2.05) is 6.08 Å². The summed E-state index contributed by atoms with van der Waals surface area (Å²) in [6.45, 7) is 4.07. The molecule has 0 bridgehead atoms. The Morgan fingerprint density at radius 2 is 1.61 bits per heavy atom. The number of unbranched alkanes of at least 4 members (excludes halogenated alkanes) is 8. The fourth-order valence-electron chi connectivity index (χ4n) is 2.45. The van der Waals surface area contributed by atoms with Crippen LogP contribution >= 0.6 is 0 Å². The third-order valence-corrected chi connectivity index (χ3v) is 4.02. The van der Waals surface area contributed by atoms with Gasteiger partial charge in [0.25, 0.3) is 0 Å². The fraction of sp³-hybridized carbons (Fsp3) is 0.842. The van der Waals surface area contributed by atoms with Gasteiger partial charge in [-0.1, -0.05) is 77.4 Å². The minimum absolute atomic E-state index is 0.0846. The number of carbonyl (C=O) groups excluding carboxylic acids is 1. The van der Waals surface area contributed by atoms with Crippen molar-refractivity contribution in [2.24, 2.45) is 0 Å². The van der Waals surface area contributed by atoms with Crippen LogP contribution in [0.15, 0.2) is 12.2 Å². The average Bonchev–Trinajstić information content (AvgIpc) is 2.55. The maximum absolute atomic E-state index is 11.9. The van der Waals surface area contributed by atoms with Crippen molar-refractivity contribution < 1.29 is 15.0 Å². The molecule has 0 fully saturated rings. The van der Waals surface area contributed by atoms with Crippen molar-refractivity contribution in [3.05, 3.63) is 12.2 Å². The van der Waals surface area contributed by atoms with Crippen LogP contribution in [-0.4, -0.2) is 34.9 Å². The van der Waals surface area contributed by atoms with Crippen molar-refractivity contribution in [1.29, 1.82) is 0 Å². The second-order valence-electron chi connectivity index (χ2n) is 6.29. The van der Waals surface area contributed by atoms with Crippen LogP contribution in [0.25, 0.3) is 0 Å². The van der Waals surface area contributed by atoms with Gasteiger partial charge in [0.2, 0.25) is 5.91 Å². The molecule has 0 saturated carbocycles. The predicted molar refractivity (Wildman–Crippen MR) is 96.3 cm³/mol. The number of hydrogen-bond donors (Lipinski definition) is 3. The second kappa shape index (κ2) is 16.0. The average molecular weight is 328 g/mol. The first-order valence-electron chi connectivity index (χ1n) is 9.40. The number of amides is 1. The van der Waals surface area contributed by atoms with E-state index in [0.29, 0.717) is 6.42 Å². The number of hydrogen-bond acceptors (Lipinski definition) is 3. The summed E-state index contributed by atoms with van der Waals surface area (Å²) in [5.41, 5.74) is 0. The minimum Gasteiger partial charge on any atom is -0.394 e. The zero-order chi connectivity index (χ0) is 17.3. The Labute approximate surface area is 142 Å². The molecule has 0 heterocycles. The Kier molecular flexibility index (Phi) is 15.4. The third-order valence-electron chi connectivity index (χ3n) is 4.02. The first-order chi connectivity index (χ1) is 11.2. The molecule has 0 saturated heterocycles. The number of aliphatic hydroxyl groups excluding tert-OH is 2. The number of allylic oxidation sites excluding steroid dienone is 1. The van der Waals surface area contributed by atoms with E-state index in [1.165, 1.54) is 32.1 Å². The van der Waals surface area contributed by atoms with Gasteiger partial charge in [-0.3, -0.25) is 4.79 Å². The molecule has 0 aliphatic carbocycles. The van der Waals surface area contributed by atoms with E-state index in [4.69, 9.17) is 0 Å². The number of aliphatic hydroxyl groups is 2.